The van der Waals surface area contributed by atoms with Gasteiger partial charge in [-0.3, -0.25) is 13.9 Å². The summed E-state index contributed by atoms with van der Waals surface area (Å²) >= 11 is 0. The van der Waals surface area contributed by atoms with Crippen molar-refractivity contribution in [2.24, 2.45) is 0 Å². The number of aromatic nitrogens is 3. The average Bonchev–Trinajstić information content (AvgIpc) is 3.78. The molecule has 0 spiro atoms. The van der Waals surface area contributed by atoms with Crippen molar-refractivity contribution in [3.8, 4) is 5.69 Å². The quantitative estimate of drug-likeness (QED) is 0.130. The monoisotopic (exact) mass is 764 g/mol. The summed E-state index contributed by atoms with van der Waals surface area (Å²) in [4.78, 5) is 33.4. The summed E-state index contributed by atoms with van der Waals surface area (Å²) in [5.74, 6) is 0.173. The molecule has 55 heavy (non-hydrogen) atoms. The van der Waals surface area contributed by atoms with Crippen molar-refractivity contribution in [2.75, 3.05) is 37.3 Å². The van der Waals surface area contributed by atoms with Crippen LogP contribution in [0.25, 0.3) is 22.4 Å². The number of likely N-dealkylation sites (tertiary alicyclic amines) is 1. The van der Waals surface area contributed by atoms with E-state index in [1.165, 1.54) is 14.7 Å². The number of nitrogens with zero attached hydrogens (tertiary/aromatic N) is 3. The Balaban J connectivity index is 1.24. The fraction of sp³-hybridized carbons (Fsp3) is 0.372. The number of amides is 1. The number of fused-ring (bicyclic) bond motifs is 1. The predicted molar refractivity (Wildman–Crippen MR) is 220 cm³/mol. The fourth-order valence-electron chi connectivity index (χ4n) is 8.01. The summed E-state index contributed by atoms with van der Waals surface area (Å²) in [5.41, 5.74) is 4.77. The van der Waals surface area contributed by atoms with E-state index in [0.717, 1.165) is 35.7 Å². The van der Waals surface area contributed by atoms with Crippen LogP contribution in [0.15, 0.2) is 83.4 Å². The fourth-order valence-corrected chi connectivity index (χ4v) is 9.88. The van der Waals surface area contributed by atoms with Gasteiger partial charge in [0.1, 0.15) is 24.5 Å². The lowest BCUT2D eigenvalue weighted by Crippen LogP contribution is -2.41. The molecule has 4 heterocycles. The summed E-state index contributed by atoms with van der Waals surface area (Å²) < 4.78 is 36.9. The number of hydrogen-bond acceptors (Lipinski definition) is 6. The van der Waals surface area contributed by atoms with Crippen molar-refractivity contribution in [2.45, 2.75) is 72.3 Å². The van der Waals surface area contributed by atoms with Gasteiger partial charge in [-0.05, 0) is 118 Å². The van der Waals surface area contributed by atoms with E-state index in [2.05, 4.69) is 36.3 Å². The molecule has 2 saturated heterocycles. The number of anilines is 1. The molecule has 12 heteroatoms. The summed E-state index contributed by atoms with van der Waals surface area (Å²) in [6.07, 6.45) is 6.56. The van der Waals surface area contributed by atoms with Gasteiger partial charge in [-0.2, -0.15) is 0 Å². The number of carbonyl (C=O) groups excluding carboxylic acids is 1. The van der Waals surface area contributed by atoms with Gasteiger partial charge in [0.05, 0.1) is 17.8 Å². The highest BCUT2D eigenvalue weighted by Crippen LogP contribution is 2.43. The molecule has 3 aromatic carbocycles. The van der Waals surface area contributed by atoms with Crippen LogP contribution >= 0.6 is 7.14 Å². The maximum Gasteiger partial charge on any atom is 0.338 e. The van der Waals surface area contributed by atoms with Crippen LogP contribution in [0.3, 0.4) is 0 Å². The molecule has 0 radical (unpaired) electrons. The highest BCUT2D eigenvalue weighted by molar-refractivity contribution is 7.71. The molecule has 2 fully saturated rings. The molecule has 2 aromatic heterocycles. The van der Waals surface area contributed by atoms with Crippen LogP contribution in [0.2, 0.25) is 0 Å². The zero-order chi connectivity index (χ0) is 39.2. The molecule has 2 aliphatic heterocycles. The minimum absolute atomic E-state index is 0.0760. The Morgan fingerprint density at radius 3 is 2.42 bits per heavy atom. The molecule has 0 bridgehead atoms. The number of carbonyl (C=O) groups is 1. The molecule has 5 aromatic rings. The van der Waals surface area contributed by atoms with Crippen molar-refractivity contribution in [1.29, 1.82) is 5.41 Å². The third-order valence-electron chi connectivity index (χ3n) is 11.3. The van der Waals surface area contributed by atoms with Crippen LogP contribution in [-0.4, -0.2) is 68.3 Å². The molecule has 3 N–H and O–H groups in total. The predicted octanol–water partition coefficient (Wildman–Crippen LogP) is 8.42. The molecule has 0 aliphatic carbocycles. The second-order valence-electron chi connectivity index (χ2n) is 15.5. The highest BCUT2D eigenvalue weighted by atomic mass is 31.2. The zero-order valence-electron chi connectivity index (χ0n) is 32.5. The molecular weight excluding hydrogens is 714 g/mol. The summed E-state index contributed by atoms with van der Waals surface area (Å²) in [6, 6.07) is 18.8. The number of nitrogens with one attached hydrogen (secondary N) is 3. The topological polar surface area (TPSA) is 125 Å². The van der Waals surface area contributed by atoms with Crippen molar-refractivity contribution >= 4 is 46.5 Å². The minimum Gasteiger partial charge on any atom is -0.376 e. The summed E-state index contributed by atoms with van der Waals surface area (Å²) in [7, 11) is -2.50. The smallest absolute Gasteiger partial charge is 0.338 e. The van der Waals surface area contributed by atoms with E-state index >= 15 is 0 Å². The first-order valence-electron chi connectivity index (χ1n) is 19.1. The molecule has 0 saturated carbocycles. The number of piperidine rings is 1. The number of imidazole rings is 1. The van der Waals surface area contributed by atoms with Crippen LogP contribution in [0.1, 0.15) is 80.1 Å². The molecule has 10 nitrogen and oxygen atoms in total. The second-order valence-corrected chi connectivity index (χ2v) is 19.1. The molecule has 1 amide bonds. The maximum atomic E-state index is 14.7. The third-order valence-corrected chi connectivity index (χ3v) is 14.6. The van der Waals surface area contributed by atoms with E-state index < -0.39 is 12.8 Å². The third kappa shape index (κ3) is 7.52. The minimum atomic E-state index is -2.50. The van der Waals surface area contributed by atoms with Gasteiger partial charge in [0.15, 0.2) is 0 Å². The van der Waals surface area contributed by atoms with E-state index in [9.17, 15) is 18.5 Å². The Bertz CT molecular complexity index is 2410. The number of benzene rings is 3. The summed E-state index contributed by atoms with van der Waals surface area (Å²) in [5, 5.41) is 14.2. The molecule has 288 valence electrons. The van der Waals surface area contributed by atoms with Crippen LogP contribution in [0, 0.1) is 25.1 Å². The lowest BCUT2D eigenvalue weighted by molar-refractivity contribution is -0.0592. The highest BCUT2D eigenvalue weighted by Gasteiger charge is 2.31. The number of hydrogen-bond donors (Lipinski definition) is 3. The Hall–Kier alpha value is -4.99. The zero-order valence-corrected chi connectivity index (χ0v) is 33.4. The molecule has 1 atom stereocenters. The van der Waals surface area contributed by atoms with Gasteiger partial charge < -0.3 is 29.9 Å². The van der Waals surface area contributed by atoms with Crippen LogP contribution < -0.4 is 16.3 Å². The van der Waals surface area contributed by atoms with Crippen LogP contribution in [0.4, 0.5) is 10.1 Å². The standard InChI is InChI=1S/C43H50FN6O4P/c1-7-55(53,8-2)34-12-10-33(11-13-34)49-18-19-50(42(49)52)40(46-32-21-27(3)39(44)28(4)22-32)35-26-48(17-15-36(35)45)41(51)38-24-31-23-29(9-14-37(31)47-38)30-16-20-54-43(5,6)25-30/h9-14,18-19,21-24,30,45-47H,7-8,15-17,20,25-26H2,1-6H3/b40-35+,45-36?/t30-/m0/s1. The molecule has 0 unspecified atom stereocenters. The summed E-state index contributed by atoms with van der Waals surface area (Å²) in [6.45, 7) is 12.6. The first kappa shape index (κ1) is 38.3. The lowest BCUT2D eigenvalue weighted by atomic mass is 9.83. The first-order chi connectivity index (χ1) is 26.2. The Morgan fingerprint density at radius 2 is 1.75 bits per heavy atom. The van der Waals surface area contributed by atoms with E-state index in [-0.39, 0.29) is 30.3 Å². The van der Waals surface area contributed by atoms with Gasteiger partial charge >= 0.3 is 5.69 Å². The van der Waals surface area contributed by atoms with Gasteiger partial charge in [0.25, 0.3) is 5.91 Å². The molecule has 7 rings (SSSR count). The Kier molecular flexibility index (Phi) is 10.4. The lowest BCUT2D eigenvalue weighted by Gasteiger charge is -2.35. The first-order valence-corrected chi connectivity index (χ1v) is 21.2. The normalized spacial score (nSPS) is 18.5. The van der Waals surface area contributed by atoms with Gasteiger partial charge in [0, 0.05) is 77.5 Å². The number of aryl methyl sites for hydroxylation is 2. The Morgan fingerprint density at radius 1 is 1.04 bits per heavy atom. The SMILES string of the molecule is CCP(=O)(CC)c1ccc(-n2ccn(/C(Nc3cc(C)c(F)c(C)c3)=C3\CN(C(=O)c4cc5cc([C@H]6CCOC(C)(C)C6)ccc5[nH]4)CCC3=N)c2=O)cc1. The second kappa shape index (κ2) is 14.9. The van der Waals surface area contributed by atoms with E-state index in [1.807, 2.05) is 38.1 Å². The van der Waals surface area contributed by atoms with E-state index in [1.54, 1.807) is 55.4 Å². The van der Waals surface area contributed by atoms with Gasteiger partial charge in [-0.25, -0.2) is 9.18 Å². The van der Waals surface area contributed by atoms with Gasteiger partial charge in [0.2, 0.25) is 0 Å². The molecular formula is C43H50FN6O4P. The number of H-pyrrole nitrogens is 1. The van der Waals surface area contributed by atoms with Crippen LogP contribution in [-0.2, 0) is 9.30 Å². The molecule has 2 aliphatic rings. The number of rotatable bonds is 9. The average molecular weight is 765 g/mol. The van der Waals surface area contributed by atoms with Crippen molar-refractivity contribution in [3.05, 3.63) is 117 Å². The maximum absolute atomic E-state index is 14.7. The Labute approximate surface area is 321 Å². The number of aromatic amines is 1. The van der Waals surface area contributed by atoms with Crippen molar-refractivity contribution in [1.82, 2.24) is 19.0 Å². The van der Waals surface area contributed by atoms with Gasteiger partial charge in [-0.1, -0.05) is 19.9 Å². The number of halogens is 1. The van der Waals surface area contributed by atoms with E-state index in [4.69, 9.17) is 10.1 Å². The van der Waals surface area contributed by atoms with Crippen molar-refractivity contribution in [3.63, 3.8) is 0 Å². The van der Waals surface area contributed by atoms with Gasteiger partial charge in [-0.15, -0.1) is 0 Å². The van der Waals surface area contributed by atoms with Crippen molar-refractivity contribution < 1.29 is 18.5 Å². The largest absolute Gasteiger partial charge is 0.376 e. The van der Waals surface area contributed by atoms with Crippen LogP contribution in [0.5, 0.6) is 0 Å². The number of ether oxygens (including phenoxy) is 1. The van der Waals surface area contributed by atoms with E-state index in [0.29, 0.717) is 70.1 Å².